The first-order chi connectivity index (χ1) is 19.9. The highest BCUT2D eigenvalue weighted by atomic mass is 16.5. The standard InChI is InChI=1S/C32H35N5O4/c1-22-17-37(23(2)20-38)32(39)29-13-25(26-14-33-21-34-15-26)16-35-31(29)41-30(22)19-36(3)18-24-9-11-28(12-10-24)40-27-7-5-4-6-8-27/h4-16,21-23,30,38H,17-20H2,1-3H3/t22-,23+,30-/m1/s1. The Labute approximate surface area is 240 Å². The van der Waals surface area contributed by atoms with Crippen LogP contribution >= 0.6 is 0 Å². The summed E-state index contributed by atoms with van der Waals surface area (Å²) in [5.74, 6) is 1.65. The van der Waals surface area contributed by atoms with Crippen molar-refractivity contribution in [3.05, 3.63) is 96.7 Å². The molecule has 4 aromatic rings. The number of rotatable bonds is 9. The Hall–Kier alpha value is -4.34. The lowest BCUT2D eigenvalue weighted by atomic mass is 9.99. The lowest BCUT2D eigenvalue weighted by molar-refractivity contribution is 0.0325. The summed E-state index contributed by atoms with van der Waals surface area (Å²) >= 11 is 0. The molecule has 0 aliphatic carbocycles. The van der Waals surface area contributed by atoms with E-state index in [1.54, 1.807) is 29.6 Å². The molecule has 1 aliphatic rings. The Kier molecular flexibility index (Phi) is 8.86. The van der Waals surface area contributed by atoms with Gasteiger partial charge in [-0.3, -0.25) is 9.69 Å². The summed E-state index contributed by atoms with van der Waals surface area (Å²) in [6.45, 7) is 5.56. The molecular weight excluding hydrogens is 518 g/mol. The van der Waals surface area contributed by atoms with Crippen LogP contribution in [0.25, 0.3) is 11.1 Å². The molecule has 0 unspecified atom stereocenters. The molecule has 3 heterocycles. The average Bonchev–Trinajstić information content (AvgIpc) is 3.00. The molecule has 2 aromatic heterocycles. The fourth-order valence-corrected chi connectivity index (χ4v) is 4.90. The highest BCUT2D eigenvalue weighted by Gasteiger charge is 2.34. The van der Waals surface area contributed by atoms with E-state index in [0.717, 1.165) is 28.2 Å². The van der Waals surface area contributed by atoms with E-state index in [0.29, 0.717) is 25.2 Å². The maximum atomic E-state index is 13.7. The van der Waals surface area contributed by atoms with Gasteiger partial charge in [0.15, 0.2) is 0 Å². The predicted molar refractivity (Wildman–Crippen MR) is 156 cm³/mol. The summed E-state index contributed by atoms with van der Waals surface area (Å²) in [6, 6.07) is 19.2. The Balaban J connectivity index is 1.33. The monoisotopic (exact) mass is 553 g/mol. The van der Waals surface area contributed by atoms with Crippen molar-refractivity contribution in [3.63, 3.8) is 0 Å². The molecule has 9 nitrogen and oxygen atoms in total. The molecule has 1 N–H and O–H groups in total. The third kappa shape index (κ3) is 6.87. The number of ether oxygens (including phenoxy) is 2. The molecule has 0 radical (unpaired) electrons. The molecule has 212 valence electrons. The van der Waals surface area contributed by atoms with E-state index in [1.807, 2.05) is 49.4 Å². The first kappa shape index (κ1) is 28.2. The molecule has 1 amide bonds. The molecule has 9 heteroatoms. The number of carbonyl (C=O) groups excluding carboxylic acids is 1. The predicted octanol–water partition coefficient (Wildman–Crippen LogP) is 4.68. The maximum absolute atomic E-state index is 13.7. The summed E-state index contributed by atoms with van der Waals surface area (Å²) < 4.78 is 12.4. The van der Waals surface area contributed by atoms with Crippen LogP contribution < -0.4 is 9.47 Å². The molecule has 2 aromatic carbocycles. The van der Waals surface area contributed by atoms with Gasteiger partial charge in [0.2, 0.25) is 5.88 Å². The molecular formula is C32H35N5O4. The van der Waals surface area contributed by atoms with Crippen LogP contribution in [0.4, 0.5) is 0 Å². The minimum Gasteiger partial charge on any atom is -0.472 e. The average molecular weight is 554 g/mol. The first-order valence-electron chi connectivity index (χ1n) is 13.8. The number of fused-ring (bicyclic) bond motifs is 1. The van der Waals surface area contributed by atoms with Crippen LogP contribution in [0.5, 0.6) is 17.4 Å². The lowest BCUT2D eigenvalue weighted by Crippen LogP contribution is -2.49. The maximum Gasteiger partial charge on any atom is 0.259 e. The zero-order valence-electron chi connectivity index (χ0n) is 23.6. The van der Waals surface area contributed by atoms with Gasteiger partial charge in [-0.1, -0.05) is 37.3 Å². The van der Waals surface area contributed by atoms with Crippen LogP contribution in [0.1, 0.15) is 29.8 Å². The largest absolute Gasteiger partial charge is 0.472 e. The zero-order valence-corrected chi connectivity index (χ0v) is 23.6. The summed E-state index contributed by atoms with van der Waals surface area (Å²) in [7, 11) is 2.05. The summed E-state index contributed by atoms with van der Waals surface area (Å²) in [6.07, 6.45) is 6.26. The molecule has 5 rings (SSSR count). The van der Waals surface area contributed by atoms with Gasteiger partial charge in [0.05, 0.1) is 12.6 Å². The number of hydrogen-bond donors (Lipinski definition) is 1. The van der Waals surface area contributed by atoms with Crippen LogP contribution in [0, 0.1) is 5.92 Å². The van der Waals surface area contributed by atoms with E-state index in [9.17, 15) is 9.90 Å². The van der Waals surface area contributed by atoms with Gasteiger partial charge in [0, 0.05) is 55.3 Å². The number of likely N-dealkylation sites (N-methyl/N-ethyl adjacent to an activating group) is 1. The quantitative estimate of drug-likeness (QED) is 0.319. The molecule has 0 spiro atoms. The van der Waals surface area contributed by atoms with Crippen molar-refractivity contribution in [2.75, 3.05) is 26.7 Å². The fourth-order valence-electron chi connectivity index (χ4n) is 4.90. The normalized spacial score (nSPS) is 17.8. The van der Waals surface area contributed by atoms with Crippen molar-refractivity contribution < 1.29 is 19.4 Å². The molecule has 0 saturated heterocycles. The Morgan fingerprint density at radius 2 is 1.76 bits per heavy atom. The van der Waals surface area contributed by atoms with Crippen LogP contribution in [0.3, 0.4) is 0 Å². The van der Waals surface area contributed by atoms with E-state index >= 15 is 0 Å². The Bertz CT molecular complexity index is 1440. The van der Waals surface area contributed by atoms with E-state index in [4.69, 9.17) is 9.47 Å². The summed E-state index contributed by atoms with van der Waals surface area (Å²) in [4.78, 5) is 30.3. The number of carbonyl (C=O) groups is 1. The zero-order chi connectivity index (χ0) is 28.8. The molecule has 1 aliphatic heterocycles. The third-order valence-corrected chi connectivity index (χ3v) is 7.26. The fraction of sp³-hybridized carbons (Fsp3) is 0.312. The first-order valence-corrected chi connectivity index (χ1v) is 13.8. The van der Waals surface area contributed by atoms with Crippen LogP contribution in [0.2, 0.25) is 0 Å². The van der Waals surface area contributed by atoms with Gasteiger partial charge in [-0.05, 0) is 49.9 Å². The van der Waals surface area contributed by atoms with E-state index in [-0.39, 0.29) is 36.5 Å². The second-order valence-corrected chi connectivity index (χ2v) is 10.6. The summed E-state index contributed by atoms with van der Waals surface area (Å²) in [5, 5.41) is 9.94. The summed E-state index contributed by atoms with van der Waals surface area (Å²) in [5.41, 5.74) is 2.98. The third-order valence-electron chi connectivity index (χ3n) is 7.26. The second kappa shape index (κ2) is 12.9. The second-order valence-electron chi connectivity index (χ2n) is 10.6. The minimum atomic E-state index is -0.352. The smallest absolute Gasteiger partial charge is 0.259 e. The number of hydrogen-bond acceptors (Lipinski definition) is 8. The van der Waals surface area contributed by atoms with E-state index in [1.165, 1.54) is 6.33 Å². The highest BCUT2D eigenvalue weighted by Crippen LogP contribution is 2.30. The van der Waals surface area contributed by atoms with Gasteiger partial charge in [0.1, 0.15) is 29.5 Å². The topological polar surface area (TPSA) is 101 Å². The Morgan fingerprint density at radius 3 is 2.46 bits per heavy atom. The van der Waals surface area contributed by atoms with Crippen LogP contribution in [-0.2, 0) is 6.54 Å². The number of benzene rings is 2. The van der Waals surface area contributed by atoms with Gasteiger partial charge in [-0.25, -0.2) is 15.0 Å². The molecule has 0 saturated carbocycles. The number of pyridine rings is 1. The lowest BCUT2D eigenvalue weighted by Gasteiger charge is -2.37. The van der Waals surface area contributed by atoms with Crippen molar-refractivity contribution in [3.8, 4) is 28.5 Å². The van der Waals surface area contributed by atoms with Crippen molar-refractivity contribution >= 4 is 5.91 Å². The van der Waals surface area contributed by atoms with Gasteiger partial charge < -0.3 is 19.5 Å². The van der Waals surface area contributed by atoms with Crippen molar-refractivity contribution in [1.29, 1.82) is 0 Å². The number of aliphatic hydroxyl groups excluding tert-OH is 1. The van der Waals surface area contributed by atoms with Crippen molar-refractivity contribution in [2.45, 2.75) is 32.5 Å². The van der Waals surface area contributed by atoms with Gasteiger partial charge in [-0.2, -0.15) is 0 Å². The molecule has 0 bridgehead atoms. The number of para-hydroxylation sites is 1. The minimum absolute atomic E-state index is 0.00537. The molecule has 0 fully saturated rings. The number of amides is 1. The number of nitrogens with zero attached hydrogens (tertiary/aromatic N) is 5. The van der Waals surface area contributed by atoms with Gasteiger partial charge >= 0.3 is 0 Å². The van der Waals surface area contributed by atoms with Crippen molar-refractivity contribution in [1.82, 2.24) is 24.8 Å². The number of aliphatic hydroxyl groups is 1. The van der Waals surface area contributed by atoms with Gasteiger partial charge in [-0.15, -0.1) is 0 Å². The van der Waals surface area contributed by atoms with E-state index < -0.39 is 0 Å². The van der Waals surface area contributed by atoms with Crippen LogP contribution in [-0.4, -0.2) is 74.7 Å². The van der Waals surface area contributed by atoms with Crippen LogP contribution in [0.15, 0.2) is 85.6 Å². The van der Waals surface area contributed by atoms with Crippen molar-refractivity contribution in [2.24, 2.45) is 5.92 Å². The highest BCUT2D eigenvalue weighted by molar-refractivity contribution is 5.98. The SMILES string of the molecule is C[C@@H]1CN([C@@H](C)CO)C(=O)c2cc(-c3cncnc3)cnc2O[C@@H]1CN(C)Cc1ccc(Oc2ccccc2)cc1. The molecule has 41 heavy (non-hydrogen) atoms. The van der Waals surface area contributed by atoms with Gasteiger partial charge in [0.25, 0.3) is 5.91 Å². The Morgan fingerprint density at radius 1 is 1.05 bits per heavy atom. The molecule has 3 atom stereocenters. The van der Waals surface area contributed by atoms with E-state index in [2.05, 4.69) is 46.0 Å². The number of aromatic nitrogens is 3.